The molecule has 0 heterocycles. The largest absolute Gasteiger partial charge is 0.416 e. The fourth-order valence-corrected chi connectivity index (χ4v) is 2.12. The van der Waals surface area contributed by atoms with Gasteiger partial charge in [-0.05, 0) is 20.8 Å². The molecule has 0 saturated heterocycles. The van der Waals surface area contributed by atoms with Crippen LogP contribution >= 0.6 is 0 Å². The Morgan fingerprint density at radius 3 is 1.77 bits per heavy atom. The molecule has 22 heavy (non-hydrogen) atoms. The summed E-state index contributed by atoms with van der Waals surface area (Å²) in [6, 6.07) is 0.292. The summed E-state index contributed by atoms with van der Waals surface area (Å²) in [4.78, 5) is 21.5. The van der Waals surface area contributed by atoms with Gasteiger partial charge in [0.05, 0.1) is 15.4 Å². The van der Waals surface area contributed by atoms with Crippen molar-refractivity contribution in [2.75, 3.05) is 11.4 Å². The predicted molar refractivity (Wildman–Crippen MR) is 72.9 cm³/mol. The van der Waals surface area contributed by atoms with Crippen molar-refractivity contribution in [3.8, 4) is 0 Å². The number of nitrogens with zero attached hydrogens (tertiary/aromatic N) is 3. The van der Waals surface area contributed by atoms with Gasteiger partial charge >= 0.3 is 6.18 Å². The van der Waals surface area contributed by atoms with E-state index in [2.05, 4.69) is 0 Å². The minimum absolute atomic E-state index is 0.171. The number of benzene rings is 1. The standard InChI is InChI=1S/C12H14F3N3O4/c1-4-16(7(2)3)11-9(17(19)20)5-8(12(13,14)15)6-10(11)18(21)22/h5-7H,4H2,1-3H3. The van der Waals surface area contributed by atoms with Crippen molar-refractivity contribution in [2.24, 2.45) is 0 Å². The third-order valence-electron chi connectivity index (χ3n) is 3.04. The first-order valence-electron chi connectivity index (χ1n) is 6.31. The topological polar surface area (TPSA) is 89.5 Å². The van der Waals surface area contributed by atoms with Crippen LogP contribution in [0.4, 0.5) is 30.2 Å². The Kier molecular flexibility index (Phi) is 4.94. The third kappa shape index (κ3) is 3.43. The lowest BCUT2D eigenvalue weighted by Crippen LogP contribution is -2.31. The molecule has 0 fully saturated rings. The maximum Gasteiger partial charge on any atom is 0.416 e. The molecule has 0 aliphatic carbocycles. The molecule has 0 aliphatic heterocycles. The minimum Gasteiger partial charge on any atom is -0.358 e. The molecule has 0 N–H and O–H groups in total. The van der Waals surface area contributed by atoms with Gasteiger partial charge in [-0.25, -0.2) is 0 Å². The number of rotatable bonds is 5. The van der Waals surface area contributed by atoms with Gasteiger partial charge in [0, 0.05) is 24.7 Å². The smallest absolute Gasteiger partial charge is 0.358 e. The Labute approximate surface area is 123 Å². The number of halogens is 3. The summed E-state index contributed by atoms with van der Waals surface area (Å²) in [5.41, 5.74) is -3.70. The van der Waals surface area contributed by atoms with Crippen LogP contribution in [0.2, 0.25) is 0 Å². The molecular formula is C12H14F3N3O4. The molecule has 1 aromatic carbocycles. The first kappa shape index (κ1) is 17.7. The van der Waals surface area contributed by atoms with Gasteiger partial charge in [-0.2, -0.15) is 13.2 Å². The van der Waals surface area contributed by atoms with Crippen LogP contribution in [-0.4, -0.2) is 22.4 Å². The number of hydrogen-bond donors (Lipinski definition) is 0. The second kappa shape index (κ2) is 6.16. The maximum atomic E-state index is 12.8. The van der Waals surface area contributed by atoms with Gasteiger partial charge in [-0.15, -0.1) is 0 Å². The number of anilines is 1. The summed E-state index contributed by atoms with van der Waals surface area (Å²) in [6.07, 6.45) is -4.91. The van der Waals surface area contributed by atoms with E-state index in [9.17, 15) is 33.4 Å². The highest BCUT2D eigenvalue weighted by molar-refractivity contribution is 5.76. The van der Waals surface area contributed by atoms with Gasteiger partial charge in [0.2, 0.25) is 0 Å². The highest BCUT2D eigenvalue weighted by Crippen LogP contribution is 2.43. The zero-order valence-electron chi connectivity index (χ0n) is 12.0. The Balaban J connectivity index is 3.80. The van der Waals surface area contributed by atoms with Crippen molar-refractivity contribution in [1.82, 2.24) is 0 Å². The molecule has 122 valence electrons. The summed E-state index contributed by atoms with van der Waals surface area (Å²) in [7, 11) is 0. The third-order valence-corrected chi connectivity index (χ3v) is 3.04. The summed E-state index contributed by atoms with van der Waals surface area (Å²) in [6.45, 7) is 5.04. The lowest BCUT2D eigenvalue weighted by atomic mass is 10.1. The van der Waals surface area contributed by atoms with Crippen LogP contribution in [0.3, 0.4) is 0 Å². The van der Waals surface area contributed by atoms with E-state index < -0.39 is 38.6 Å². The molecule has 0 atom stereocenters. The van der Waals surface area contributed by atoms with Crippen molar-refractivity contribution >= 4 is 17.1 Å². The Bertz CT molecular complexity index is 567. The van der Waals surface area contributed by atoms with Crippen LogP contribution in [0.5, 0.6) is 0 Å². The van der Waals surface area contributed by atoms with Crippen molar-refractivity contribution in [1.29, 1.82) is 0 Å². The second-order valence-corrected chi connectivity index (χ2v) is 4.75. The molecule has 0 radical (unpaired) electrons. The van der Waals surface area contributed by atoms with Crippen LogP contribution in [-0.2, 0) is 6.18 Å². The molecule has 1 aromatic rings. The number of nitro benzene ring substituents is 2. The summed E-state index contributed by atoms with van der Waals surface area (Å²) >= 11 is 0. The molecule has 1 rings (SSSR count). The molecule has 0 saturated carbocycles. The van der Waals surface area contributed by atoms with E-state index in [-0.39, 0.29) is 12.6 Å². The van der Waals surface area contributed by atoms with Gasteiger partial charge < -0.3 is 4.90 Å². The average molecular weight is 321 g/mol. The fourth-order valence-electron chi connectivity index (χ4n) is 2.12. The van der Waals surface area contributed by atoms with E-state index in [0.717, 1.165) is 0 Å². The zero-order chi connectivity index (χ0) is 17.2. The Morgan fingerprint density at radius 1 is 1.14 bits per heavy atom. The van der Waals surface area contributed by atoms with E-state index in [1.165, 1.54) is 4.90 Å². The molecule has 10 heteroatoms. The molecule has 0 amide bonds. The first-order valence-corrected chi connectivity index (χ1v) is 6.31. The normalized spacial score (nSPS) is 11.6. The first-order chi connectivity index (χ1) is 10.0. The minimum atomic E-state index is -4.91. The van der Waals surface area contributed by atoms with Crippen LogP contribution in [0, 0.1) is 20.2 Å². The van der Waals surface area contributed by atoms with Crippen LogP contribution < -0.4 is 4.90 Å². The van der Waals surface area contributed by atoms with Gasteiger partial charge in [0.25, 0.3) is 11.4 Å². The highest BCUT2D eigenvalue weighted by atomic mass is 19.4. The molecule has 0 aliphatic rings. The molecule has 0 aromatic heterocycles. The number of alkyl halides is 3. The average Bonchev–Trinajstić information content (AvgIpc) is 2.37. The number of hydrogen-bond acceptors (Lipinski definition) is 5. The summed E-state index contributed by atoms with van der Waals surface area (Å²) < 4.78 is 38.4. The van der Waals surface area contributed by atoms with Crippen LogP contribution in [0.15, 0.2) is 12.1 Å². The molecule has 7 nitrogen and oxygen atoms in total. The van der Waals surface area contributed by atoms with E-state index in [4.69, 9.17) is 0 Å². The Morgan fingerprint density at radius 2 is 1.55 bits per heavy atom. The quantitative estimate of drug-likeness (QED) is 0.608. The van der Waals surface area contributed by atoms with E-state index >= 15 is 0 Å². The molecular weight excluding hydrogens is 307 g/mol. The Hall–Kier alpha value is -2.39. The predicted octanol–water partition coefficient (Wildman–Crippen LogP) is 3.76. The van der Waals surface area contributed by atoms with Gasteiger partial charge in [-0.1, -0.05) is 0 Å². The van der Waals surface area contributed by atoms with Gasteiger partial charge in [-0.3, -0.25) is 20.2 Å². The van der Waals surface area contributed by atoms with Crippen molar-refractivity contribution < 1.29 is 23.0 Å². The zero-order valence-corrected chi connectivity index (χ0v) is 12.0. The van der Waals surface area contributed by atoms with Crippen LogP contribution in [0.25, 0.3) is 0 Å². The lowest BCUT2D eigenvalue weighted by Gasteiger charge is -2.27. The summed E-state index contributed by atoms with van der Waals surface area (Å²) in [5.74, 6) is 0. The lowest BCUT2D eigenvalue weighted by molar-refractivity contribution is -0.393. The SMILES string of the molecule is CCN(c1c([N+](=O)[O-])cc(C(F)(F)F)cc1[N+](=O)[O-])C(C)C. The van der Waals surface area contributed by atoms with Crippen LogP contribution in [0.1, 0.15) is 26.3 Å². The molecule has 0 bridgehead atoms. The highest BCUT2D eigenvalue weighted by Gasteiger charge is 2.39. The molecule has 0 spiro atoms. The molecule has 0 unspecified atom stereocenters. The van der Waals surface area contributed by atoms with E-state index in [1.54, 1.807) is 20.8 Å². The van der Waals surface area contributed by atoms with Crippen molar-refractivity contribution in [3.63, 3.8) is 0 Å². The monoisotopic (exact) mass is 321 g/mol. The maximum absolute atomic E-state index is 12.8. The van der Waals surface area contributed by atoms with Crippen molar-refractivity contribution in [2.45, 2.75) is 33.0 Å². The van der Waals surface area contributed by atoms with E-state index in [1.807, 2.05) is 0 Å². The van der Waals surface area contributed by atoms with Gasteiger partial charge in [0.15, 0.2) is 5.69 Å². The summed E-state index contributed by atoms with van der Waals surface area (Å²) in [5, 5.41) is 22.2. The second-order valence-electron chi connectivity index (χ2n) is 4.75. The van der Waals surface area contributed by atoms with Gasteiger partial charge in [0.1, 0.15) is 0 Å². The fraction of sp³-hybridized carbons (Fsp3) is 0.500. The number of nitro groups is 2. The van der Waals surface area contributed by atoms with Crippen molar-refractivity contribution in [3.05, 3.63) is 37.9 Å². The van der Waals surface area contributed by atoms with E-state index in [0.29, 0.717) is 12.1 Å².